The summed E-state index contributed by atoms with van der Waals surface area (Å²) in [5.74, 6) is 0.879. The van der Waals surface area contributed by atoms with Crippen LogP contribution in [0.1, 0.15) is 22.8 Å². The molecule has 1 aromatic carbocycles. The summed E-state index contributed by atoms with van der Waals surface area (Å²) in [6.45, 7) is 3.00. The van der Waals surface area contributed by atoms with Crippen LogP contribution >= 0.6 is 11.6 Å². The summed E-state index contributed by atoms with van der Waals surface area (Å²) in [6, 6.07) is 2.88. The van der Waals surface area contributed by atoms with Gasteiger partial charge in [-0.05, 0) is 37.1 Å². The predicted molar refractivity (Wildman–Crippen MR) is 77.4 cm³/mol. The van der Waals surface area contributed by atoms with Crippen molar-refractivity contribution in [2.45, 2.75) is 31.9 Å². The minimum Gasteiger partial charge on any atom is -0.445 e. The number of halogens is 1. The first-order valence-corrected chi connectivity index (χ1v) is 8.00. The van der Waals surface area contributed by atoms with Gasteiger partial charge in [-0.25, -0.2) is 18.1 Å². The molecule has 0 saturated carbocycles. The Morgan fingerprint density at radius 3 is 2.67 bits per heavy atom. The van der Waals surface area contributed by atoms with Gasteiger partial charge >= 0.3 is 0 Å². The molecule has 0 fully saturated rings. The van der Waals surface area contributed by atoms with E-state index >= 15 is 0 Å². The fraction of sp³-hybridized carbons (Fsp3) is 0.308. The van der Waals surface area contributed by atoms with Crippen molar-refractivity contribution >= 4 is 21.6 Å². The summed E-state index contributed by atoms with van der Waals surface area (Å²) in [6.07, 6.45) is 1.51. The molecule has 0 aliphatic heterocycles. The number of hydrogen-bond donors (Lipinski definition) is 2. The van der Waals surface area contributed by atoms with Crippen molar-refractivity contribution < 1.29 is 17.9 Å². The standard InChI is InChI=1S/C13H15ClN2O4S/c1-8-5-15-13(20-8)6-16-21(18,19)12-4-11(14)3-10(7-17)9(12)2/h3-5,16-17H,6-7H2,1-2H3. The molecule has 0 aliphatic carbocycles. The number of sulfonamides is 1. The molecule has 6 nitrogen and oxygen atoms in total. The summed E-state index contributed by atoms with van der Waals surface area (Å²) in [5.41, 5.74) is 0.924. The third-order valence-corrected chi connectivity index (χ3v) is 4.72. The van der Waals surface area contributed by atoms with Crippen molar-refractivity contribution in [3.05, 3.63) is 46.1 Å². The second-order valence-corrected chi connectivity index (χ2v) is 6.71. The monoisotopic (exact) mass is 330 g/mol. The van der Waals surface area contributed by atoms with Crippen molar-refractivity contribution in [2.24, 2.45) is 0 Å². The van der Waals surface area contributed by atoms with Crippen LogP contribution in [0.3, 0.4) is 0 Å². The first-order valence-electron chi connectivity index (χ1n) is 6.14. The molecule has 0 bridgehead atoms. The van der Waals surface area contributed by atoms with Gasteiger partial charge in [-0.15, -0.1) is 0 Å². The highest BCUT2D eigenvalue weighted by Gasteiger charge is 2.20. The van der Waals surface area contributed by atoms with Crippen molar-refractivity contribution in [3.8, 4) is 0 Å². The molecule has 0 spiro atoms. The number of oxazole rings is 1. The van der Waals surface area contributed by atoms with E-state index in [-0.39, 0.29) is 29.0 Å². The number of aliphatic hydroxyl groups excluding tert-OH is 1. The Kier molecular flexibility index (Phi) is 4.67. The van der Waals surface area contributed by atoms with Crippen molar-refractivity contribution in [1.29, 1.82) is 0 Å². The van der Waals surface area contributed by atoms with E-state index in [1.54, 1.807) is 13.8 Å². The highest BCUT2D eigenvalue weighted by Crippen LogP contribution is 2.24. The lowest BCUT2D eigenvalue weighted by molar-refractivity contribution is 0.280. The van der Waals surface area contributed by atoms with E-state index in [0.29, 0.717) is 16.9 Å². The molecule has 0 unspecified atom stereocenters. The van der Waals surface area contributed by atoms with Gasteiger partial charge in [0.15, 0.2) is 0 Å². The summed E-state index contributed by atoms with van der Waals surface area (Å²) in [4.78, 5) is 3.96. The first kappa shape index (κ1) is 16.0. The molecule has 0 amide bonds. The second-order valence-electron chi connectivity index (χ2n) is 4.54. The van der Waals surface area contributed by atoms with Crippen molar-refractivity contribution in [1.82, 2.24) is 9.71 Å². The van der Waals surface area contributed by atoms with Crippen molar-refractivity contribution in [3.63, 3.8) is 0 Å². The van der Waals surface area contributed by atoms with Gasteiger partial charge < -0.3 is 9.52 Å². The number of aryl methyl sites for hydroxylation is 1. The number of hydrogen-bond acceptors (Lipinski definition) is 5. The highest BCUT2D eigenvalue weighted by atomic mass is 35.5. The maximum atomic E-state index is 12.3. The minimum atomic E-state index is -3.78. The third kappa shape index (κ3) is 3.62. The lowest BCUT2D eigenvalue weighted by Gasteiger charge is -2.12. The van der Waals surface area contributed by atoms with Gasteiger partial charge in [0.05, 0.1) is 24.2 Å². The lowest BCUT2D eigenvalue weighted by Crippen LogP contribution is -2.24. The van der Waals surface area contributed by atoms with Crippen LogP contribution in [0.25, 0.3) is 0 Å². The van der Waals surface area contributed by atoms with Gasteiger partial charge in [-0.2, -0.15) is 0 Å². The molecule has 8 heteroatoms. The van der Waals surface area contributed by atoms with Crippen LogP contribution in [0.15, 0.2) is 27.6 Å². The Labute approximate surface area is 127 Å². The molecule has 114 valence electrons. The summed E-state index contributed by atoms with van der Waals surface area (Å²) in [7, 11) is -3.78. The zero-order valence-electron chi connectivity index (χ0n) is 11.6. The van der Waals surface area contributed by atoms with E-state index < -0.39 is 10.0 Å². The highest BCUT2D eigenvalue weighted by molar-refractivity contribution is 7.89. The Morgan fingerprint density at radius 1 is 1.38 bits per heavy atom. The van der Waals surface area contributed by atoms with Crippen LogP contribution in [0.4, 0.5) is 0 Å². The van der Waals surface area contributed by atoms with Gasteiger partial charge in [-0.1, -0.05) is 11.6 Å². The first-order chi connectivity index (χ1) is 9.83. The molecule has 0 atom stereocenters. The fourth-order valence-corrected chi connectivity index (χ4v) is 3.46. The van der Waals surface area contributed by atoms with E-state index in [1.165, 1.54) is 18.3 Å². The summed E-state index contributed by atoms with van der Waals surface area (Å²) in [5, 5.41) is 9.49. The summed E-state index contributed by atoms with van der Waals surface area (Å²) < 4.78 is 32.3. The van der Waals surface area contributed by atoms with Crippen LogP contribution in [0, 0.1) is 13.8 Å². The molecular formula is C13H15ClN2O4S. The van der Waals surface area contributed by atoms with E-state index in [9.17, 15) is 13.5 Å². The molecule has 2 rings (SSSR count). The molecule has 1 heterocycles. The average Bonchev–Trinajstić information content (AvgIpc) is 2.84. The van der Waals surface area contributed by atoms with E-state index in [2.05, 4.69) is 9.71 Å². The van der Waals surface area contributed by atoms with Crippen LogP contribution < -0.4 is 4.72 Å². The van der Waals surface area contributed by atoms with Crippen LogP contribution in [0.2, 0.25) is 5.02 Å². The quantitative estimate of drug-likeness (QED) is 0.873. The maximum absolute atomic E-state index is 12.3. The Balaban J connectivity index is 2.29. The average molecular weight is 331 g/mol. The molecule has 0 radical (unpaired) electrons. The van der Waals surface area contributed by atoms with Crippen LogP contribution in [0.5, 0.6) is 0 Å². The Bertz CT molecular complexity index is 756. The van der Waals surface area contributed by atoms with Crippen molar-refractivity contribution in [2.75, 3.05) is 0 Å². The third-order valence-electron chi connectivity index (χ3n) is 2.97. The molecule has 0 saturated heterocycles. The lowest BCUT2D eigenvalue weighted by atomic mass is 10.1. The fourth-order valence-electron chi connectivity index (χ4n) is 1.87. The number of nitrogens with one attached hydrogen (secondary N) is 1. The molecule has 21 heavy (non-hydrogen) atoms. The topological polar surface area (TPSA) is 92.4 Å². The zero-order valence-corrected chi connectivity index (χ0v) is 13.1. The predicted octanol–water partition coefficient (Wildman–Crippen LogP) is 1.92. The largest absolute Gasteiger partial charge is 0.445 e. The minimum absolute atomic E-state index is 0.0299. The van der Waals surface area contributed by atoms with Crippen LogP contribution in [-0.2, 0) is 23.2 Å². The van der Waals surface area contributed by atoms with Gasteiger partial charge in [0.1, 0.15) is 5.76 Å². The molecule has 1 aromatic heterocycles. The molecule has 2 aromatic rings. The van der Waals surface area contributed by atoms with Gasteiger partial charge in [0.25, 0.3) is 0 Å². The van der Waals surface area contributed by atoms with E-state index in [1.807, 2.05) is 0 Å². The second kappa shape index (κ2) is 6.15. The molecular weight excluding hydrogens is 316 g/mol. The van der Waals surface area contributed by atoms with Gasteiger partial charge in [0, 0.05) is 5.02 Å². The van der Waals surface area contributed by atoms with Gasteiger partial charge in [-0.3, -0.25) is 0 Å². The smallest absolute Gasteiger partial charge is 0.241 e. The normalized spacial score (nSPS) is 11.8. The van der Waals surface area contributed by atoms with E-state index in [0.717, 1.165) is 0 Å². The Morgan fingerprint density at radius 2 is 2.10 bits per heavy atom. The SMILES string of the molecule is Cc1cnc(CNS(=O)(=O)c2cc(Cl)cc(CO)c2C)o1. The number of aromatic nitrogens is 1. The molecule has 0 aliphatic rings. The van der Waals surface area contributed by atoms with E-state index in [4.69, 9.17) is 16.0 Å². The van der Waals surface area contributed by atoms with Gasteiger partial charge in [0.2, 0.25) is 15.9 Å². The number of rotatable bonds is 5. The number of aliphatic hydroxyl groups is 1. The van der Waals surface area contributed by atoms with Crippen LogP contribution in [-0.4, -0.2) is 18.5 Å². The summed E-state index contributed by atoms with van der Waals surface area (Å²) >= 11 is 5.89. The molecule has 2 N–H and O–H groups in total. The zero-order chi connectivity index (χ0) is 15.6. The number of nitrogens with zero attached hydrogens (tertiary/aromatic N) is 1. The number of benzene rings is 1. The Hall–Kier alpha value is -1.41. The maximum Gasteiger partial charge on any atom is 0.241 e.